The third-order valence-corrected chi connectivity index (χ3v) is 2.21. The number of hydrogen-bond donors (Lipinski definition) is 1. The molecule has 7 heteroatoms. The molecule has 0 unspecified atom stereocenters. The van der Waals surface area contributed by atoms with Gasteiger partial charge < -0.3 is 10.3 Å². The highest BCUT2D eigenvalue weighted by atomic mass is 16.1. The van der Waals surface area contributed by atoms with E-state index in [-0.39, 0.29) is 11.4 Å². The van der Waals surface area contributed by atoms with E-state index in [1.807, 2.05) is 6.07 Å². The largest absolute Gasteiger partial charge is 0.398 e. The monoisotopic (exact) mass is 230 g/mol. The Morgan fingerprint density at radius 1 is 1.41 bits per heavy atom. The van der Waals surface area contributed by atoms with Crippen LogP contribution in [0.5, 0.6) is 0 Å². The molecule has 0 saturated carbocycles. The maximum Gasteiger partial charge on any atom is 0.252 e. The van der Waals surface area contributed by atoms with Gasteiger partial charge in [-0.3, -0.25) is 4.79 Å². The molecule has 2 rings (SSSR count). The molecule has 17 heavy (non-hydrogen) atoms. The topological polar surface area (TPSA) is 103 Å². The normalized spacial score (nSPS) is 10.1. The van der Waals surface area contributed by atoms with Crippen LogP contribution in [0.3, 0.4) is 0 Å². The van der Waals surface area contributed by atoms with Crippen LogP contribution in [-0.2, 0) is 13.1 Å². The van der Waals surface area contributed by atoms with Crippen molar-refractivity contribution >= 4 is 5.69 Å². The lowest BCUT2D eigenvalue weighted by atomic mass is 10.4. The second kappa shape index (κ2) is 4.49. The van der Waals surface area contributed by atoms with E-state index < -0.39 is 0 Å². The van der Waals surface area contributed by atoms with Gasteiger partial charge in [-0.2, -0.15) is 5.26 Å². The molecule has 0 radical (unpaired) electrons. The van der Waals surface area contributed by atoms with Gasteiger partial charge in [0.05, 0.1) is 6.54 Å². The fraction of sp³-hybridized carbons (Fsp3) is 0.200. The number of nitrogens with two attached hydrogens (primary N) is 1. The third kappa shape index (κ3) is 2.49. The Morgan fingerprint density at radius 2 is 2.24 bits per heavy atom. The number of hydrogen-bond acceptors (Lipinski definition) is 5. The van der Waals surface area contributed by atoms with Crippen LogP contribution in [0.25, 0.3) is 0 Å². The maximum atomic E-state index is 11.5. The second-order valence-corrected chi connectivity index (χ2v) is 3.44. The number of nitrogens with zero attached hydrogens (tertiary/aromatic N) is 5. The number of pyridine rings is 1. The molecule has 2 aromatic rings. The quantitative estimate of drug-likeness (QED) is 0.772. The zero-order valence-electron chi connectivity index (χ0n) is 8.95. The Bertz CT molecular complexity index is 620. The molecule has 0 amide bonds. The fourth-order valence-corrected chi connectivity index (χ4v) is 1.39. The van der Waals surface area contributed by atoms with Crippen molar-refractivity contribution in [3.63, 3.8) is 0 Å². The lowest BCUT2D eigenvalue weighted by Crippen LogP contribution is -2.21. The van der Waals surface area contributed by atoms with E-state index in [4.69, 9.17) is 11.0 Å². The zero-order chi connectivity index (χ0) is 12.3. The van der Waals surface area contributed by atoms with Gasteiger partial charge in [0.15, 0.2) is 0 Å². The van der Waals surface area contributed by atoms with Gasteiger partial charge in [-0.1, -0.05) is 0 Å². The fourth-order valence-electron chi connectivity index (χ4n) is 1.39. The summed E-state index contributed by atoms with van der Waals surface area (Å²) in [5, 5.41) is 12.5. The number of rotatable bonds is 3. The molecule has 0 bridgehead atoms. The summed E-state index contributed by atoms with van der Waals surface area (Å²) in [5.74, 6) is 0.116. The standard InChI is InChI=1S/C10H10N6O/c11-5-9-13-7-16(14-9)4-3-15-6-8(12)1-2-10(15)17/h1-2,6-7H,3-4,12H2. The molecule has 0 saturated heterocycles. The van der Waals surface area contributed by atoms with Gasteiger partial charge in [-0.05, 0) is 6.07 Å². The van der Waals surface area contributed by atoms with Gasteiger partial charge in [0.25, 0.3) is 11.4 Å². The minimum absolute atomic E-state index is 0.116. The van der Waals surface area contributed by atoms with Crippen LogP contribution in [0.2, 0.25) is 0 Å². The van der Waals surface area contributed by atoms with Gasteiger partial charge in [0.2, 0.25) is 0 Å². The van der Waals surface area contributed by atoms with Gasteiger partial charge in [0.1, 0.15) is 12.4 Å². The number of nitriles is 1. The number of anilines is 1. The van der Waals surface area contributed by atoms with Crippen molar-refractivity contribution in [2.24, 2.45) is 0 Å². The van der Waals surface area contributed by atoms with Crippen molar-refractivity contribution in [1.29, 1.82) is 5.26 Å². The first kappa shape index (κ1) is 10.9. The van der Waals surface area contributed by atoms with Gasteiger partial charge >= 0.3 is 0 Å². The Labute approximate surface area is 96.7 Å². The summed E-state index contributed by atoms with van der Waals surface area (Å²) in [7, 11) is 0. The van der Waals surface area contributed by atoms with Crippen molar-refractivity contribution in [3.05, 3.63) is 40.8 Å². The molecule has 0 aromatic carbocycles. The first-order valence-electron chi connectivity index (χ1n) is 4.94. The number of aromatic nitrogens is 4. The summed E-state index contributed by atoms with van der Waals surface area (Å²) in [6.07, 6.45) is 3.03. The first-order chi connectivity index (χ1) is 8.19. The first-order valence-corrected chi connectivity index (χ1v) is 4.94. The molecule has 0 atom stereocenters. The van der Waals surface area contributed by atoms with Crippen molar-refractivity contribution in [2.75, 3.05) is 5.73 Å². The number of aryl methyl sites for hydroxylation is 2. The smallest absolute Gasteiger partial charge is 0.252 e. The summed E-state index contributed by atoms with van der Waals surface area (Å²) in [5.41, 5.74) is 5.99. The SMILES string of the molecule is N#Cc1ncn(CCn2cc(N)ccc2=O)n1. The Hall–Kier alpha value is -2.62. The van der Waals surface area contributed by atoms with E-state index in [9.17, 15) is 4.79 Å². The van der Waals surface area contributed by atoms with Crippen LogP contribution < -0.4 is 11.3 Å². The highest BCUT2D eigenvalue weighted by Crippen LogP contribution is 1.96. The van der Waals surface area contributed by atoms with Crippen molar-refractivity contribution in [1.82, 2.24) is 19.3 Å². The second-order valence-electron chi connectivity index (χ2n) is 3.44. The van der Waals surface area contributed by atoms with E-state index >= 15 is 0 Å². The Morgan fingerprint density at radius 3 is 2.94 bits per heavy atom. The molecular formula is C10H10N6O. The average molecular weight is 230 g/mol. The molecule has 2 N–H and O–H groups in total. The van der Waals surface area contributed by atoms with E-state index in [0.717, 1.165) is 0 Å². The van der Waals surface area contributed by atoms with E-state index in [2.05, 4.69) is 10.1 Å². The summed E-state index contributed by atoms with van der Waals surface area (Å²) in [4.78, 5) is 15.2. The highest BCUT2D eigenvalue weighted by molar-refractivity contribution is 5.33. The molecule has 2 heterocycles. The van der Waals surface area contributed by atoms with Crippen LogP contribution in [0.1, 0.15) is 5.82 Å². The molecule has 0 spiro atoms. The van der Waals surface area contributed by atoms with Crippen molar-refractivity contribution < 1.29 is 0 Å². The maximum absolute atomic E-state index is 11.5. The van der Waals surface area contributed by atoms with Crippen molar-refractivity contribution in [2.45, 2.75) is 13.1 Å². The molecular weight excluding hydrogens is 220 g/mol. The summed E-state index contributed by atoms with van der Waals surface area (Å²) in [6.45, 7) is 0.885. The summed E-state index contributed by atoms with van der Waals surface area (Å²) in [6, 6.07) is 4.81. The predicted octanol–water partition coefficient (Wildman–Crippen LogP) is -0.406. The lowest BCUT2D eigenvalue weighted by molar-refractivity contribution is 0.522. The Kier molecular flexibility index (Phi) is 2.87. The molecule has 0 fully saturated rings. The average Bonchev–Trinajstić information content (AvgIpc) is 2.78. The van der Waals surface area contributed by atoms with Crippen LogP contribution in [-0.4, -0.2) is 19.3 Å². The third-order valence-electron chi connectivity index (χ3n) is 2.21. The van der Waals surface area contributed by atoms with Gasteiger partial charge in [-0.15, -0.1) is 5.10 Å². The highest BCUT2D eigenvalue weighted by Gasteiger charge is 2.00. The van der Waals surface area contributed by atoms with Crippen LogP contribution in [0.4, 0.5) is 5.69 Å². The molecule has 7 nitrogen and oxygen atoms in total. The van der Waals surface area contributed by atoms with Crippen molar-refractivity contribution in [3.8, 4) is 6.07 Å². The summed E-state index contributed by atoms with van der Waals surface area (Å²) < 4.78 is 3.00. The van der Waals surface area contributed by atoms with E-state index in [1.165, 1.54) is 21.6 Å². The zero-order valence-corrected chi connectivity index (χ0v) is 8.95. The molecule has 2 aromatic heterocycles. The van der Waals surface area contributed by atoms with Crippen LogP contribution in [0, 0.1) is 11.3 Å². The molecule has 0 aliphatic carbocycles. The lowest BCUT2D eigenvalue weighted by Gasteiger charge is -2.05. The minimum Gasteiger partial charge on any atom is -0.398 e. The van der Waals surface area contributed by atoms with Crippen LogP contribution >= 0.6 is 0 Å². The van der Waals surface area contributed by atoms with E-state index in [1.54, 1.807) is 12.3 Å². The number of nitrogen functional groups attached to an aromatic ring is 1. The van der Waals surface area contributed by atoms with Gasteiger partial charge in [-0.25, -0.2) is 9.67 Å². The van der Waals surface area contributed by atoms with Crippen LogP contribution in [0.15, 0.2) is 29.5 Å². The Balaban J connectivity index is 2.10. The van der Waals surface area contributed by atoms with Gasteiger partial charge in [0, 0.05) is 24.5 Å². The molecule has 86 valence electrons. The molecule has 0 aliphatic rings. The molecule has 0 aliphatic heterocycles. The van der Waals surface area contributed by atoms with E-state index in [0.29, 0.717) is 18.8 Å². The summed E-state index contributed by atoms with van der Waals surface area (Å²) >= 11 is 0. The minimum atomic E-state index is -0.125. The predicted molar refractivity (Wildman–Crippen MR) is 59.9 cm³/mol.